The summed E-state index contributed by atoms with van der Waals surface area (Å²) in [5.41, 5.74) is 2.26. The van der Waals surface area contributed by atoms with Crippen LogP contribution in [0.15, 0.2) is 60.7 Å². The number of para-hydroxylation sites is 1. The molecule has 0 radical (unpaired) electrons. The highest BCUT2D eigenvalue weighted by Crippen LogP contribution is 2.44. The lowest BCUT2D eigenvalue weighted by Crippen LogP contribution is -2.46. The number of alkyl halides is 1. The molecule has 0 aromatic heterocycles. The Kier molecular flexibility index (Phi) is 4.91. The van der Waals surface area contributed by atoms with Crippen LogP contribution in [0, 0.1) is 19.7 Å². The number of aromatic hydroxyl groups is 1. The van der Waals surface area contributed by atoms with E-state index in [-0.39, 0.29) is 18.7 Å². The van der Waals surface area contributed by atoms with Crippen LogP contribution in [0.4, 0.5) is 14.5 Å². The van der Waals surface area contributed by atoms with Crippen LogP contribution in [0.1, 0.15) is 22.3 Å². The highest BCUT2D eigenvalue weighted by molar-refractivity contribution is 5.53. The number of halogens is 2. The topological polar surface area (TPSA) is 41.5 Å². The largest absolute Gasteiger partial charge is 0.508 e. The van der Waals surface area contributed by atoms with Crippen molar-refractivity contribution in [3.63, 3.8) is 0 Å². The van der Waals surface area contributed by atoms with Crippen molar-refractivity contribution in [2.45, 2.75) is 32.0 Å². The third-order valence-electron chi connectivity index (χ3n) is 5.65. The van der Waals surface area contributed by atoms with Gasteiger partial charge in [-0.05, 0) is 55.3 Å². The van der Waals surface area contributed by atoms with Gasteiger partial charge in [0.1, 0.15) is 23.5 Å². The number of fused-ring (bicyclic) bond motifs is 1. The van der Waals surface area contributed by atoms with Crippen LogP contribution < -0.4 is 10.1 Å². The van der Waals surface area contributed by atoms with Gasteiger partial charge >= 0.3 is 0 Å². The van der Waals surface area contributed by atoms with Crippen molar-refractivity contribution in [2.24, 2.45) is 0 Å². The molecule has 0 saturated heterocycles. The molecule has 0 fully saturated rings. The normalized spacial score (nSPS) is 20.3. The predicted molar refractivity (Wildman–Crippen MR) is 110 cm³/mol. The first kappa shape index (κ1) is 19.2. The van der Waals surface area contributed by atoms with Crippen molar-refractivity contribution in [3.05, 3.63) is 88.7 Å². The first-order chi connectivity index (χ1) is 13.9. The van der Waals surface area contributed by atoms with E-state index in [1.54, 1.807) is 31.2 Å². The van der Waals surface area contributed by atoms with Gasteiger partial charge in [0.2, 0.25) is 0 Å². The fraction of sp³-hybridized carbons (Fsp3) is 0.250. The standard InChI is InChI=1S/C24H23F2NO2/c1-15-6-3-4-8-21(15)27-14-24(29-22-9-5-7-20(25)16(22)2)19-11-10-18(28)12-17(19)13-23(24)26/h3-12,23,27-28H,13-14H2,1-2H3. The summed E-state index contributed by atoms with van der Waals surface area (Å²) >= 11 is 0. The number of rotatable bonds is 5. The average Bonchev–Trinajstić information content (AvgIpc) is 2.95. The molecule has 4 rings (SSSR count). The van der Waals surface area contributed by atoms with Crippen LogP contribution >= 0.6 is 0 Å². The second-order valence-electron chi connectivity index (χ2n) is 7.54. The number of nitrogens with one attached hydrogen (secondary N) is 1. The van der Waals surface area contributed by atoms with E-state index in [4.69, 9.17) is 4.74 Å². The van der Waals surface area contributed by atoms with E-state index in [1.807, 2.05) is 31.2 Å². The molecule has 0 spiro atoms. The Bertz CT molecular complexity index is 1050. The molecule has 0 bridgehead atoms. The summed E-state index contributed by atoms with van der Waals surface area (Å²) in [7, 11) is 0. The summed E-state index contributed by atoms with van der Waals surface area (Å²) < 4.78 is 35.9. The van der Waals surface area contributed by atoms with Crippen LogP contribution in [0.5, 0.6) is 11.5 Å². The van der Waals surface area contributed by atoms with Gasteiger partial charge in [0.05, 0.1) is 6.54 Å². The molecular formula is C24H23F2NO2. The lowest BCUT2D eigenvalue weighted by molar-refractivity contribution is 0.00797. The van der Waals surface area contributed by atoms with Gasteiger partial charge < -0.3 is 15.2 Å². The summed E-state index contributed by atoms with van der Waals surface area (Å²) in [5, 5.41) is 13.2. The first-order valence-corrected chi connectivity index (χ1v) is 9.61. The van der Waals surface area contributed by atoms with Crippen LogP contribution in [0.25, 0.3) is 0 Å². The number of hydrogen-bond acceptors (Lipinski definition) is 3. The molecule has 3 aromatic carbocycles. The third-order valence-corrected chi connectivity index (χ3v) is 5.65. The van der Waals surface area contributed by atoms with E-state index in [2.05, 4.69) is 5.32 Å². The van der Waals surface area contributed by atoms with Gasteiger partial charge in [-0.25, -0.2) is 8.78 Å². The van der Waals surface area contributed by atoms with Crippen molar-refractivity contribution < 1.29 is 18.6 Å². The van der Waals surface area contributed by atoms with Crippen molar-refractivity contribution in [1.29, 1.82) is 0 Å². The number of hydrogen-bond donors (Lipinski definition) is 2. The molecule has 3 nitrogen and oxygen atoms in total. The molecular weight excluding hydrogens is 372 g/mol. The number of aryl methyl sites for hydroxylation is 1. The van der Waals surface area contributed by atoms with E-state index < -0.39 is 17.6 Å². The van der Waals surface area contributed by atoms with Gasteiger partial charge in [-0.3, -0.25) is 0 Å². The van der Waals surface area contributed by atoms with Crippen LogP contribution in [-0.4, -0.2) is 17.8 Å². The van der Waals surface area contributed by atoms with Gasteiger partial charge in [-0.2, -0.15) is 0 Å². The third kappa shape index (κ3) is 3.41. The van der Waals surface area contributed by atoms with Gasteiger partial charge in [-0.15, -0.1) is 0 Å². The maximum Gasteiger partial charge on any atom is 0.182 e. The molecule has 0 saturated carbocycles. The van der Waals surface area contributed by atoms with Crippen LogP contribution in [-0.2, 0) is 12.0 Å². The highest BCUT2D eigenvalue weighted by Gasteiger charge is 2.50. The van der Waals surface area contributed by atoms with E-state index in [1.165, 1.54) is 12.1 Å². The summed E-state index contributed by atoms with van der Waals surface area (Å²) in [4.78, 5) is 0. The molecule has 5 heteroatoms. The van der Waals surface area contributed by atoms with Crippen molar-refractivity contribution >= 4 is 5.69 Å². The SMILES string of the molecule is Cc1ccccc1NCC1(Oc2cccc(F)c2C)c2ccc(O)cc2CC1F. The smallest absolute Gasteiger partial charge is 0.182 e. The Hall–Kier alpha value is -3.08. The molecule has 0 aliphatic heterocycles. The summed E-state index contributed by atoms with van der Waals surface area (Å²) in [6, 6.07) is 17.1. The molecule has 2 atom stereocenters. The number of ether oxygens (including phenoxy) is 1. The van der Waals surface area contributed by atoms with Crippen molar-refractivity contribution in [1.82, 2.24) is 0 Å². The molecule has 29 heavy (non-hydrogen) atoms. The van der Waals surface area contributed by atoms with Crippen molar-refractivity contribution in [2.75, 3.05) is 11.9 Å². The number of benzene rings is 3. The van der Waals surface area contributed by atoms with E-state index in [0.29, 0.717) is 22.4 Å². The molecule has 1 aliphatic rings. The molecule has 0 amide bonds. The second-order valence-corrected chi connectivity index (χ2v) is 7.54. The monoisotopic (exact) mass is 395 g/mol. The molecule has 150 valence electrons. The number of anilines is 1. The summed E-state index contributed by atoms with van der Waals surface area (Å²) in [6.07, 6.45) is -1.24. The van der Waals surface area contributed by atoms with E-state index >= 15 is 4.39 Å². The molecule has 2 N–H and O–H groups in total. The highest BCUT2D eigenvalue weighted by atomic mass is 19.1. The minimum Gasteiger partial charge on any atom is -0.508 e. The van der Waals surface area contributed by atoms with Gasteiger partial charge in [0.15, 0.2) is 5.60 Å². The van der Waals surface area contributed by atoms with Gasteiger partial charge in [0.25, 0.3) is 0 Å². The quantitative estimate of drug-likeness (QED) is 0.605. The fourth-order valence-electron chi connectivity index (χ4n) is 3.94. The lowest BCUT2D eigenvalue weighted by Gasteiger charge is -2.35. The number of phenolic OH excluding ortho intramolecular Hbond substituents is 1. The van der Waals surface area contributed by atoms with E-state index in [0.717, 1.165) is 11.3 Å². The summed E-state index contributed by atoms with van der Waals surface area (Å²) in [5.74, 6) is -0.00967. The Morgan fingerprint density at radius 3 is 2.69 bits per heavy atom. The van der Waals surface area contributed by atoms with Gasteiger partial charge in [-0.1, -0.05) is 30.3 Å². The van der Waals surface area contributed by atoms with Crippen LogP contribution in [0.2, 0.25) is 0 Å². The van der Waals surface area contributed by atoms with E-state index in [9.17, 15) is 9.50 Å². The molecule has 0 heterocycles. The molecule has 3 aromatic rings. The molecule has 2 unspecified atom stereocenters. The number of phenols is 1. The Morgan fingerprint density at radius 1 is 1.10 bits per heavy atom. The minimum absolute atomic E-state index is 0.0838. The van der Waals surface area contributed by atoms with Gasteiger partial charge in [0, 0.05) is 23.2 Å². The zero-order chi connectivity index (χ0) is 20.6. The van der Waals surface area contributed by atoms with Crippen molar-refractivity contribution in [3.8, 4) is 11.5 Å². The maximum atomic E-state index is 15.5. The predicted octanol–water partition coefficient (Wildman–Crippen LogP) is 5.43. The molecule has 1 aliphatic carbocycles. The Balaban J connectivity index is 1.77. The summed E-state index contributed by atoms with van der Waals surface area (Å²) in [6.45, 7) is 3.75. The van der Waals surface area contributed by atoms with Crippen LogP contribution in [0.3, 0.4) is 0 Å². The zero-order valence-corrected chi connectivity index (χ0v) is 16.4. The minimum atomic E-state index is -1.36. The lowest BCUT2D eigenvalue weighted by atomic mass is 9.93. The average molecular weight is 395 g/mol. The Morgan fingerprint density at radius 2 is 1.90 bits per heavy atom. The Labute approximate surface area is 169 Å². The fourth-order valence-corrected chi connectivity index (χ4v) is 3.94. The zero-order valence-electron chi connectivity index (χ0n) is 16.4. The second kappa shape index (κ2) is 7.39. The first-order valence-electron chi connectivity index (χ1n) is 9.61. The maximum absolute atomic E-state index is 15.5.